The van der Waals surface area contributed by atoms with Crippen LogP contribution < -0.4 is 20.7 Å². The number of hydrogen-bond donors (Lipinski definition) is 0. The Hall–Kier alpha value is -6.01. The average molecular weight is 674 g/mol. The minimum atomic E-state index is -2.85. The van der Waals surface area contributed by atoms with Crippen molar-refractivity contribution in [2.24, 2.45) is 0 Å². The second kappa shape index (κ2) is 12.8. The van der Waals surface area contributed by atoms with Crippen LogP contribution in [0.25, 0.3) is 54.3 Å². The highest BCUT2D eigenvalue weighted by Crippen LogP contribution is 2.39. The molecule has 0 saturated heterocycles. The van der Waals surface area contributed by atoms with Gasteiger partial charge in [0.25, 0.3) is 0 Å². The van der Waals surface area contributed by atoms with Gasteiger partial charge in [0.2, 0.25) is 0 Å². The minimum absolute atomic E-state index is 0.658. The fourth-order valence-electron chi connectivity index (χ4n) is 7.24. The summed E-state index contributed by atoms with van der Waals surface area (Å²) in [6, 6.07) is 67.2. The van der Waals surface area contributed by atoms with E-state index < -0.39 is 8.07 Å². The first-order chi connectivity index (χ1) is 24.8. The van der Waals surface area contributed by atoms with E-state index in [1.54, 1.807) is 0 Å². The molecule has 0 saturated carbocycles. The van der Waals surface area contributed by atoms with Gasteiger partial charge in [-0.1, -0.05) is 176 Å². The molecule has 0 unspecified atom stereocenters. The van der Waals surface area contributed by atoms with Gasteiger partial charge in [-0.2, -0.15) is 0 Å². The van der Waals surface area contributed by atoms with E-state index >= 15 is 0 Å². The molecular weight excluding hydrogens is 643 g/mol. The molecular formula is C45H31N3SSi. The molecule has 0 amide bonds. The highest BCUT2D eigenvalue weighted by Gasteiger charge is 2.42. The third-order valence-electron chi connectivity index (χ3n) is 9.47. The molecule has 0 fully saturated rings. The van der Waals surface area contributed by atoms with Crippen molar-refractivity contribution in [3.63, 3.8) is 0 Å². The van der Waals surface area contributed by atoms with E-state index in [1.807, 2.05) is 47.7 Å². The molecule has 9 aromatic rings. The van der Waals surface area contributed by atoms with Crippen LogP contribution in [0.2, 0.25) is 0 Å². The van der Waals surface area contributed by atoms with E-state index in [2.05, 4.69) is 152 Å². The number of nitrogens with zero attached hydrogens (tertiary/aromatic N) is 3. The maximum Gasteiger partial charge on any atom is 0.179 e. The van der Waals surface area contributed by atoms with Crippen molar-refractivity contribution < 1.29 is 0 Å². The summed E-state index contributed by atoms with van der Waals surface area (Å²) in [5.41, 5.74) is 2.93. The summed E-state index contributed by atoms with van der Waals surface area (Å²) in [4.78, 5) is 15.6. The molecule has 0 aliphatic carbocycles. The summed E-state index contributed by atoms with van der Waals surface area (Å²) in [5, 5.41) is 7.66. The third-order valence-corrected chi connectivity index (χ3v) is 15.3. The van der Waals surface area contributed by atoms with Crippen LogP contribution in [0.5, 0.6) is 0 Å². The SMILES string of the molecule is c1ccc(-c2nc(-c3ccccc3)nc(-c3cc([Si](c4ccccc4)(c4ccccc4)c4ccccc4)cc4sc5ccccc5c34)n2)cc1. The average Bonchev–Trinajstić information content (AvgIpc) is 3.58. The standard InChI is InChI=1S/C45H31N3SSi/c1-6-18-32(19-7-1)43-46-44(33-20-8-2-9-21-33)48-45(47-43)39-30-37(31-41-42(39)38-28-16-17-29-40(38)49-41)50(34-22-10-3-11-23-34,35-24-12-4-13-25-35)36-26-14-5-15-27-36/h1-31H. The zero-order valence-corrected chi connectivity index (χ0v) is 29.0. The van der Waals surface area contributed by atoms with Crippen LogP contribution in [0.15, 0.2) is 188 Å². The zero-order chi connectivity index (χ0) is 33.3. The maximum atomic E-state index is 5.28. The highest BCUT2D eigenvalue weighted by atomic mass is 32.1. The van der Waals surface area contributed by atoms with Crippen molar-refractivity contribution in [3.05, 3.63) is 188 Å². The van der Waals surface area contributed by atoms with Gasteiger partial charge in [0.1, 0.15) is 0 Å². The van der Waals surface area contributed by atoms with Gasteiger partial charge >= 0.3 is 0 Å². The molecule has 236 valence electrons. The van der Waals surface area contributed by atoms with Crippen molar-refractivity contribution in [1.82, 2.24) is 15.0 Å². The monoisotopic (exact) mass is 673 g/mol. The quantitative estimate of drug-likeness (QED) is 0.126. The lowest BCUT2D eigenvalue weighted by Crippen LogP contribution is -2.74. The van der Waals surface area contributed by atoms with Gasteiger partial charge in [-0.05, 0) is 32.9 Å². The van der Waals surface area contributed by atoms with E-state index in [-0.39, 0.29) is 0 Å². The van der Waals surface area contributed by atoms with E-state index in [0.29, 0.717) is 17.5 Å². The second-order valence-electron chi connectivity index (χ2n) is 12.4. The molecule has 0 atom stereocenters. The predicted octanol–water partition coefficient (Wildman–Crippen LogP) is 8.62. The smallest absolute Gasteiger partial charge is 0.179 e. The van der Waals surface area contributed by atoms with Gasteiger partial charge in [-0.15, -0.1) is 11.3 Å². The summed E-state index contributed by atoms with van der Waals surface area (Å²) < 4.78 is 2.47. The molecule has 50 heavy (non-hydrogen) atoms. The number of aromatic nitrogens is 3. The molecule has 7 aromatic carbocycles. The first kappa shape index (κ1) is 30.1. The van der Waals surface area contributed by atoms with E-state index in [9.17, 15) is 0 Å². The van der Waals surface area contributed by atoms with Crippen molar-refractivity contribution in [1.29, 1.82) is 0 Å². The van der Waals surface area contributed by atoms with Crippen LogP contribution in [0.4, 0.5) is 0 Å². The van der Waals surface area contributed by atoms with Crippen LogP contribution in [-0.4, -0.2) is 23.0 Å². The fourth-order valence-corrected chi connectivity index (χ4v) is 13.3. The number of hydrogen-bond acceptors (Lipinski definition) is 4. The number of thiophene rings is 1. The molecule has 0 spiro atoms. The first-order valence-corrected chi connectivity index (χ1v) is 19.6. The van der Waals surface area contributed by atoms with Crippen LogP contribution >= 0.6 is 11.3 Å². The van der Waals surface area contributed by atoms with Crippen molar-refractivity contribution in [2.45, 2.75) is 0 Å². The van der Waals surface area contributed by atoms with Crippen molar-refractivity contribution in [2.75, 3.05) is 0 Å². The Morgan fingerprint density at radius 2 is 0.780 bits per heavy atom. The van der Waals surface area contributed by atoms with E-state index in [4.69, 9.17) is 15.0 Å². The molecule has 0 aliphatic heterocycles. The Morgan fingerprint density at radius 1 is 0.360 bits per heavy atom. The normalized spacial score (nSPS) is 11.6. The lowest BCUT2D eigenvalue weighted by atomic mass is 10.1. The summed E-state index contributed by atoms with van der Waals surface area (Å²) in [6.07, 6.45) is 0. The molecule has 0 radical (unpaired) electrons. The Kier molecular flexibility index (Phi) is 7.69. The van der Waals surface area contributed by atoms with E-state index in [1.165, 1.54) is 40.9 Å². The molecule has 3 nitrogen and oxygen atoms in total. The molecule has 5 heteroatoms. The predicted molar refractivity (Wildman–Crippen MR) is 213 cm³/mol. The lowest BCUT2D eigenvalue weighted by Gasteiger charge is -2.34. The molecule has 2 heterocycles. The van der Waals surface area contributed by atoms with Crippen LogP contribution in [0.3, 0.4) is 0 Å². The van der Waals surface area contributed by atoms with Gasteiger partial charge < -0.3 is 0 Å². The van der Waals surface area contributed by atoms with Gasteiger partial charge in [-0.3, -0.25) is 0 Å². The number of rotatable bonds is 7. The minimum Gasteiger partial charge on any atom is -0.208 e. The fraction of sp³-hybridized carbons (Fsp3) is 0. The summed E-state index contributed by atoms with van der Waals surface area (Å²) >= 11 is 1.84. The topological polar surface area (TPSA) is 38.7 Å². The largest absolute Gasteiger partial charge is 0.208 e. The Balaban J connectivity index is 1.43. The van der Waals surface area contributed by atoms with Crippen molar-refractivity contribution >= 4 is 60.3 Å². The second-order valence-corrected chi connectivity index (χ2v) is 17.3. The number of benzene rings is 7. The lowest BCUT2D eigenvalue weighted by molar-refractivity contribution is 1.08. The summed E-state index contributed by atoms with van der Waals surface area (Å²) in [7, 11) is -2.85. The third kappa shape index (κ3) is 5.15. The van der Waals surface area contributed by atoms with E-state index in [0.717, 1.165) is 16.7 Å². The molecule has 0 N–H and O–H groups in total. The Labute approximate surface area is 296 Å². The maximum absolute atomic E-state index is 5.28. The zero-order valence-electron chi connectivity index (χ0n) is 27.1. The molecule has 0 bridgehead atoms. The van der Waals surface area contributed by atoms with Crippen LogP contribution in [0.1, 0.15) is 0 Å². The van der Waals surface area contributed by atoms with Gasteiger partial charge in [0.15, 0.2) is 25.5 Å². The Bertz CT molecular complexity index is 2420. The van der Waals surface area contributed by atoms with Crippen LogP contribution in [-0.2, 0) is 0 Å². The number of fused-ring (bicyclic) bond motifs is 3. The molecule has 2 aromatic heterocycles. The Morgan fingerprint density at radius 3 is 1.28 bits per heavy atom. The van der Waals surface area contributed by atoms with Gasteiger partial charge in [-0.25, -0.2) is 15.0 Å². The molecule has 0 aliphatic rings. The molecule has 9 rings (SSSR count). The first-order valence-electron chi connectivity index (χ1n) is 16.8. The summed E-state index contributed by atoms with van der Waals surface area (Å²) in [6.45, 7) is 0. The van der Waals surface area contributed by atoms with Gasteiger partial charge in [0.05, 0.1) is 0 Å². The van der Waals surface area contributed by atoms with Crippen molar-refractivity contribution in [3.8, 4) is 34.2 Å². The van der Waals surface area contributed by atoms with Gasteiger partial charge in [0, 0.05) is 36.9 Å². The highest BCUT2D eigenvalue weighted by molar-refractivity contribution is 7.26. The van der Waals surface area contributed by atoms with Crippen LogP contribution in [0, 0.1) is 0 Å². The summed E-state index contributed by atoms with van der Waals surface area (Å²) in [5.74, 6) is 1.99.